The second kappa shape index (κ2) is 7.29. The Hall–Kier alpha value is -2.08. The van der Waals surface area contributed by atoms with Gasteiger partial charge in [0.1, 0.15) is 19.0 Å². The van der Waals surface area contributed by atoms with Crippen LogP contribution in [0, 0.1) is 0 Å². The summed E-state index contributed by atoms with van der Waals surface area (Å²) in [6, 6.07) is 6.55. The summed E-state index contributed by atoms with van der Waals surface area (Å²) < 4.78 is 14.3. The molecule has 98 valence electrons. The van der Waals surface area contributed by atoms with E-state index in [0.29, 0.717) is 5.75 Å². The van der Waals surface area contributed by atoms with Gasteiger partial charge in [-0.1, -0.05) is 12.1 Å². The van der Waals surface area contributed by atoms with Gasteiger partial charge in [-0.3, -0.25) is 4.79 Å². The number of carbonyl (C=O) groups is 2. The zero-order valence-electron chi connectivity index (χ0n) is 10.0. The highest BCUT2D eigenvalue weighted by molar-refractivity contribution is 5.66. The van der Waals surface area contributed by atoms with E-state index in [-0.39, 0.29) is 25.7 Å². The van der Waals surface area contributed by atoms with E-state index in [1.165, 1.54) is 6.92 Å². The van der Waals surface area contributed by atoms with Gasteiger partial charge in [0.15, 0.2) is 0 Å². The van der Waals surface area contributed by atoms with E-state index in [1.807, 2.05) is 0 Å². The Labute approximate surface area is 105 Å². The van der Waals surface area contributed by atoms with Crippen LogP contribution in [0.4, 0.5) is 4.79 Å². The lowest BCUT2D eigenvalue weighted by atomic mass is 10.2. The number of rotatable bonds is 5. The van der Waals surface area contributed by atoms with Gasteiger partial charge in [-0.2, -0.15) is 0 Å². The van der Waals surface area contributed by atoms with Crippen molar-refractivity contribution in [2.24, 2.45) is 5.73 Å². The summed E-state index contributed by atoms with van der Waals surface area (Å²) in [5.74, 6) is 0.00397. The Kier molecular flexibility index (Phi) is 5.66. The minimum atomic E-state index is -0.798. The van der Waals surface area contributed by atoms with Crippen LogP contribution in [-0.4, -0.2) is 25.3 Å². The van der Waals surface area contributed by atoms with Crippen LogP contribution in [0.25, 0.3) is 0 Å². The van der Waals surface area contributed by atoms with Crippen molar-refractivity contribution >= 4 is 12.1 Å². The van der Waals surface area contributed by atoms with E-state index in [0.717, 1.165) is 5.56 Å². The monoisotopic (exact) mass is 253 g/mol. The summed E-state index contributed by atoms with van der Waals surface area (Å²) in [5, 5.41) is 0. The van der Waals surface area contributed by atoms with Crippen LogP contribution in [-0.2, 0) is 20.9 Å². The fourth-order valence-corrected chi connectivity index (χ4v) is 1.11. The summed E-state index contributed by atoms with van der Waals surface area (Å²) >= 11 is 0. The van der Waals surface area contributed by atoms with Gasteiger partial charge >= 0.3 is 12.1 Å². The van der Waals surface area contributed by atoms with E-state index in [1.54, 1.807) is 24.3 Å². The molecule has 0 heterocycles. The Bertz CT molecular complexity index is 401. The molecule has 0 fully saturated rings. The van der Waals surface area contributed by atoms with Crippen molar-refractivity contribution < 1.29 is 23.8 Å². The maximum absolute atomic E-state index is 11.1. The third-order valence-electron chi connectivity index (χ3n) is 1.90. The van der Waals surface area contributed by atoms with Gasteiger partial charge in [-0.25, -0.2) is 4.79 Å². The van der Waals surface area contributed by atoms with Crippen LogP contribution in [0.1, 0.15) is 12.5 Å². The van der Waals surface area contributed by atoms with E-state index < -0.39 is 6.16 Å². The van der Waals surface area contributed by atoms with Crippen LogP contribution in [0.2, 0.25) is 0 Å². The second-order valence-electron chi connectivity index (χ2n) is 3.41. The first-order chi connectivity index (χ1) is 8.61. The molecule has 0 radical (unpaired) electrons. The van der Waals surface area contributed by atoms with Crippen molar-refractivity contribution in [3.63, 3.8) is 0 Å². The van der Waals surface area contributed by atoms with Crippen molar-refractivity contribution in [2.45, 2.75) is 13.5 Å². The van der Waals surface area contributed by atoms with Crippen LogP contribution >= 0.6 is 0 Å². The Morgan fingerprint density at radius 2 is 1.83 bits per heavy atom. The molecule has 1 aromatic carbocycles. The van der Waals surface area contributed by atoms with Crippen LogP contribution in [0.15, 0.2) is 24.3 Å². The lowest BCUT2D eigenvalue weighted by Gasteiger charge is -2.06. The molecule has 0 aliphatic rings. The smallest absolute Gasteiger partial charge is 0.461 e. The molecule has 6 heteroatoms. The Balaban J connectivity index is 2.44. The molecular weight excluding hydrogens is 238 g/mol. The number of hydrogen-bond donors (Lipinski definition) is 1. The number of esters is 1. The third-order valence-corrected chi connectivity index (χ3v) is 1.90. The fourth-order valence-electron chi connectivity index (χ4n) is 1.11. The van der Waals surface area contributed by atoms with Gasteiger partial charge in [0, 0.05) is 13.5 Å². The number of ether oxygens (including phenoxy) is 3. The third kappa shape index (κ3) is 5.31. The number of nitrogens with two attached hydrogens (primary N) is 1. The summed E-state index contributed by atoms with van der Waals surface area (Å²) in [6.07, 6.45) is -0.798. The van der Waals surface area contributed by atoms with Crippen molar-refractivity contribution in [1.29, 1.82) is 0 Å². The number of carbonyl (C=O) groups excluding carboxylic acids is 2. The van der Waals surface area contributed by atoms with E-state index in [9.17, 15) is 9.59 Å². The molecule has 0 spiro atoms. The van der Waals surface area contributed by atoms with Gasteiger partial charge < -0.3 is 19.9 Å². The second-order valence-corrected chi connectivity index (χ2v) is 3.41. The van der Waals surface area contributed by atoms with Crippen molar-refractivity contribution in [2.75, 3.05) is 13.2 Å². The molecule has 1 rings (SSSR count). The fraction of sp³-hybridized carbons (Fsp3) is 0.333. The van der Waals surface area contributed by atoms with Crippen LogP contribution in [0.3, 0.4) is 0 Å². The summed E-state index contributed by atoms with van der Waals surface area (Å²) in [6.45, 7) is 1.89. The highest BCUT2D eigenvalue weighted by Crippen LogP contribution is 2.13. The van der Waals surface area contributed by atoms with Gasteiger partial charge in [-0.15, -0.1) is 0 Å². The van der Waals surface area contributed by atoms with Crippen LogP contribution < -0.4 is 10.5 Å². The topological polar surface area (TPSA) is 87.8 Å². The predicted molar refractivity (Wildman–Crippen MR) is 62.9 cm³/mol. The molecule has 0 bridgehead atoms. The maximum Gasteiger partial charge on any atom is 0.513 e. The Morgan fingerprint density at radius 3 is 2.39 bits per heavy atom. The average Bonchev–Trinajstić information content (AvgIpc) is 2.35. The number of hydrogen-bond acceptors (Lipinski definition) is 6. The van der Waals surface area contributed by atoms with E-state index in [4.69, 9.17) is 15.2 Å². The van der Waals surface area contributed by atoms with E-state index >= 15 is 0 Å². The van der Waals surface area contributed by atoms with E-state index in [2.05, 4.69) is 4.74 Å². The SMILES string of the molecule is CC(=O)OCc1ccc(OC(=O)OCCN)cc1. The average molecular weight is 253 g/mol. The lowest BCUT2D eigenvalue weighted by Crippen LogP contribution is -2.16. The van der Waals surface area contributed by atoms with Crippen molar-refractivity contribution in [3.05, 3.63) is 29.8 Å². The molecule has 0 amide bonds. The molecule has 0 saturated heterocycles. The lowest BCUT2D eigenvalue weighted by molar-refractivity contribution is -0.142. The highest BCUT2D eigenvalue weighted by atomic mass is 16.7. The molecule has 0 aliphatic carbocycles. The van der Waals surface area contributed by atoms with Gasteiger partial charge in [-0.05, 0) is 17.7 Å². The summed E-state index contributed by atoms with van der Waals surface area (Å²) in [4.78, 5) is 21.7. The molecule has 18 heavy (non-hydrogen) atoms. The first-order valence-corrected chi connectivity index (χ1v) is 5.39. The van der Waals surface area contributed by atoms with Gasteiger partial charge in [0.25, 0.3) is 0 Å². The quantitative estimate of drug-likeness (QED) is 0.627. The van der Waals surface area contributed by atoms with Crippen molar-refractivity contribution in [3.8, 4) is 5.75 Å². The normalized spacial score (nSPS) is 9.67. The minimum Gasteiger partial charge on any atom is -0.461 e. The molecule has 0 aliphatic heterocycles. The molecular formula is C12H15NO5. The molecule has 0 aromatic heterocycles. The van der Waals surface area contributed by atoms with Gasteiger partial charge in [0.05, 0.1) is 0 Å². The standard InChI is InChI=1S/C12H15NO5/c1-9(14)17-8-10-2-4-11(5-3-10)18-12(15)16-7-6-13/h2-5H,6-8,13H2,1H3. The molecule has 2 N–H and O–H groups in total. The predicted octanol–water partition coefficient (Wildman–Crippen LogP) is 1.22. The molecule has 0 atom stereocenters. The molecule has 0 saturated carbocycles. The first kappa shape index (κ1) is 14.0. The largest absolute Gasteiger partial charge is 0.513 e. The molecule has 6 nitrogen and oxygen atoms in total. The van der Waals surface area contributed by atoms with Gasteiger partial charge in [0.2, 0.25) is 0 Å². The van der Waals surface area contributed by atoms with Crippen molar-refractivity contribution in [1.82, 2.24) is 0 Å². The first-order valence-electron chi connectivity index (χ1n) is 5.39. The molecule has 0 unspecified atom stereocenters. The zero-order valence-corrected chi connectivity index (χ0v) is 10.0. The molecule has 1 aromatic rings. The summed E-state index contributed by atoms with van der Waals surface area (Å²) in [7, 11) is 0. The maximum atomic E-state index is 11.1. The number of benzene rings is 1. The van der Waals surface area contributed by atoms with Crippen LogP contribution in [0.5, 0.6) is 5.75 Å². The highest BCUT2D eigenvalue weighted by Gasteiger charge is 2.05. The zero-order chi connectivity index (χ0) is 13.4. The summed E-state index contributed by atoms with van der Waals surface area (Å²) in [5.41, 5.74) is 5.97. The Morgan fingerprint density at radius 1 is 1.17 bits per heavy atom. The minimum absolute atomic E-state index is 0.114.